The fourth-order valence-electron chi connectivity index (χ4n) is 2.54. The summed E-state index contributed by atoms with van der Waals surface area (Å²) in [4.78, 5) is 72.1. The number of aliphatic hydroxyl groups excluding tert-OH is 2. The quantitative estimate of drug-likeness (QED) is 0.0930. The minimum atomic E-state index is -1.57. The maximum absolute atomic E-state index is 12.6. The van der Waals surface area contributed by atoms with Crippen molar-refractivity contribution in [3.63, 3.8) is 0 Å². The first-order valence-corrected chi connectivity index (χ1v) is 11.9. The fraction of sp³-hybridized carbons (Fsp3) is 0.684. The van der Waals surface area contributed by atoms with Crippen LogP contribution in [0, 0.1) is 0 Å². The number of aliphatic carboxylic acids is 1. The lowest BCUT2D eigenvalue weighted by molar-refractivity contribution is -0.143. The molecule has 0 unspecified atom stereocenters. The number of nitrogens with one attached hydrogen (secondary N) is 4. The molecule has 5 amide bonds. The van der Waals surface area contributed by atoms with Gasteiger partial charge in [-0.1, -0.05) is 0 Å². The average Bonchev–Trinajstić information content (AvgIpc) is 2.77. The number of carbonyl (C=O) groups is 6. The van der Waals surface area contributed by atoms with E-state index in [9.17, 15) is 33.9 Å². The summed E-state index contributed by atoms with van der Waals surface area (Å²) >= 11 is 1.37. The predicted octanol–water partition coefficient (Wildman–Crippen LogP) is -4.64. The van der Waals surface area contributed by atoms with Crippen LogP contribution in [0.25, 0.3) is 0 Å². The van der Waals surface area contributed by atoms with Crippen molar-refractivity contribution in [2.75, 3.05) is 18.6 Å². The number of amides is 5. The van der Waals surface area contributed by atoms with E-state index in [4.69, 9.17) is 21.7 Å². The molecule has 11 N–H and O–H groups in total. The molecule has 0 aliphatic heterocycles. The van der Waals surface area contributed by atoms with E-state index in [1.165, 1.54) is 25.6 Å². The van der Waals surface area contributed by atoms with Crippen molar-refractivity contribution in [1.82, 2.24) is 21.3 Å². The molecule has 0 heterocycles. The molecule has 15 nitrogen and oxygen atoms in total. The van der Waals surface area contributed by atoms with Gasteiger partial charge in [0.15, 0.2) is 0 Å². The number of thioether (sulfide) groups is 1. The second-order valence-corrected chi connectivity index (χ2v) is 8.64. The van der Waals surface area contributed by atoms with Crippen molar-refractivity contribution in [2.24, 2.45) is 11.5 Å². The van der Waals surface area contributed by atoms with Gasteiger partial charge in [-0.2, -0.15) is 11.8 Å². The number of primary amides is 1. The molecule has 0 fully saturated rings. The van der Waals surface area contributed by atoms with Gasteiger partial charge in [-0.15, -0.1) is 0 Å². The largest absolute Gasteiger partial charge is 0.480 e. The fourth-order valence-corrected chi connectivity index (χ4v) is 3.01. The van der Waals surface area contributed by atoms with Crippen LogP contribution in [0.4, 0.5) is 0 Å². The smallest absolute Gasteiger partial charge is 0.328 e. The van der Waals surface area contributed by atoms with Crippen LogP contribution in [0.1, 0.15) is 26.7 Å². The number of nitrogens with two attached hydrogens (primary N) is 2. The Labute approximate surface area is 206 Å². The van der Waals surface area contributed by atoms with E-state index in [0.717, 1.165) is 0 Å². The first-order valence-electron chi connectivity index (χ1n) is 10.5. The number of hydrogen-bond donors (Lipinski definition) is 9. The maximum Gasteiger partial charge on any atom is 0.328 e. The molecule has 0 aromatic rings. The van der Waals surface area contributed by atoms with Crippen molar-refractivity contribution in [3.05, 3.63) is 0 Å². The summed E-state index contributed by atoms with van der Waals surface area (Å²) < 4.78 is 0. The van der Waals surface area contributed by atoms with Crippen molar-refractivity contribution < 1.29 is 44.1 Å². The van der Waals surface area contributed by atoms with Crippen LogP contribution in [0.5, 0.6) is 0 Å². The Balaban J connectivity index is 5.33. The highest BCUT2D eigenvalue weighted by Crippen LogP contribution is 2.03. The normalized spacial score (nSPS) is 15.9. The minimum Gasteiger partial charge on any atom is -0.480 e. The Hall–Kier alpha value is -2.95. The van der Waals surface area contributed by atoms with Gasteiger partial charge in [0.05, 0.1) is 19.1 Å². The number of carbonyl (C=O) groups excluding carboxylic acids is 5. The highest BCUT2D eigenvalue weighted by molar-refractivity contribution is 7.98. The van der Waals surface area contributed by atoms with Crippen molar-refractivity contribution in [1.29, 1.82) is 0 Å². The number of hydrogen-bond acceptors (Lipinski definition) is 10. The SMILES string of the molecule is CSCC[C@H](NC(=O)[C@H](C)NC(=O)[C@H](CC(N)=O)NC(=O)[C@@H](N)[C@@H](C)O)C(=O)N[C@@H](CO)C(=O)O. The molecule has 0 rings (SSSR count). The van der Waals surface area contributed by atoms with Crippen molar-refractivity contribution in [3.8, 4) is 0 Å². The number of rotatable bonds is 16. The topological polar surface area (TPSA) is 263 Å². The Morgan fingerprint density at radius 2 is 1.37 bits per heavy atom. The van der Waals surface area contributed by atoms with E-state index in [1.807, 2.05) is 0 Å². The predicted molar refractivity (Wildman–Crippen MR) is 125 cm³/mol. The van der Waals surface area contributed by atoms with Gasteiger partial charge in [-0.3, -0.25) is 24.0 Å². The van der Waals surface area contributed by atoms with Crippen LogP contribution in [0.15, 0.2) is 0 Å². The monoisotopic (exact) mass is 522 g/mol. The molecule has 0 bridgehead atoms. The van der Waals surface area contributed by atoms with Crippen LogP contribution < -0.4 is 32.7 Å². The van der Waals surface area contributed by atoms with Crippen LogP contribution in [-0.2, 0) is 28.8 Å². The number of aliphatic hydroxyl groups is 2. The molecule has 0 saturated heterocycles. The van der Waals surface area contributed by atoms with E-state index in [0.29, 0.717) is 5.75 Å². The van der Waals surface area contributed by atoms with Gasteiger partial charge < -0.3 is 48.1 Å². The van der Waals surface area contributed by atoms with Gasteiger partial charge in [-0.05, 0) is 32.3 Å². The summed E-state index contributed by atoms with van der Waals surface area (Å²) in [6.07, 6.45) is 0.0150. The first kappa shape index (κ1) is 32.0. The Morgan fingerprint density at radius 1 is 0.857 bits per heavy atom. The molecule has 0 aromatic carbocycles. The van der Waals surface area contributed by atoms with Gasteiger partial charge in [0, 0.05) is 0 Å². The third-order valence-electron chi connectivity index (χ3n) is 4.65. The maximum atomic E-state index is 12.6. The van der Waals surface area contributed by atoms with Crippen LogP contribution in [0.3, 0.4) is 0 Å². The summed E-state index contributed by atoms with van der Waals surface area (Å²) in [6, 6.07) is -6.87. The molecule has 0 aliphatic rings. The molecule has 200 valence electrons. The van der Waals surface area contributed by atoms with Gasteiger partial charge in [0.2, 0.25) is 29.5 Å². The van der Waals surface area contributed by atoms with Crippen LogP contribution in [0.2, 0.25) is 0 Å². The zero-order valence-electron chi connectivity index (χ0n) is 19.6. The molecule has 0 saturated carbocycles. The van der Waals surface area contributed by atoms with Gasteiger partial charge >= 0.3 is 5.97 Å². The number of carboxylic acids is 1. The highest BCUT2D eigenvalue weighted by Gasteiger charge is 2.31. The Bertz CT molecular complexity index is 782. The minimum absolute atomic E-state index is 0.120. The summed E-state index contributed by atoms with van der Waals surface area (Å²) in [6.45, 7) is 1.67. The van der Waals surface area contributed by atoms with Crippen LogP contribution >= 0.6 is 11.8 Å². The van der Waals surface area contributed by atoms with E-state index in [1.54, 1.807) is 6.26 Å². The Morgan fingerprint density at radius 3 is 1.83 bits per heavy atom. The molecule has 0 radical (unpaired) electrons. The standard InChI is InChI=1S/C19H34N6O9S/c1-8(22-17(31)11(6-13(20)28)24-18(32)14(21)9(2)27)15(29)23-10(4-5-35-3)16(30)25-12(7-26)19(33)34/h8-12,14,26-27H,4-7,21H2,1-3H3,(H2,20,28)(H,22,31)(H,23,29)(H,24,32)(H,25,30)(H,33,34)/t8-,9+,10-,11-,12-,14-/m0/s1. The molecule has 16 heteroatoms. The molecule has 6 atom stereocenters. The lowest BCUT2D eigenvalue weighted by atomic mass is 10.1. The van der Waals surface area contributed by atoms with E-state index < -0.39 is 84.8 Å². The zero-order chi connectivity index (χ0) is 27.3. The molecular weight excluding hydrogens is 488 g/mol. The van der Waals surface area contributed by atoms with Gasteiger partial charge in [0.25, 0.3) is 0 Å². The van der Waals surface area contributed by atoms with E-state index in [2.05, 4.69) is 21.3 Å². The van der Waals surface area contributed by atoms with E-state index in [-0.39, 0.29) is 6.42 Å². The van der Waals surface area contributed by atoms with Crippen molar-refractivity contribution >= 4 is 47.3 Å². The van der Waals surface area contributed by atoms with Crippen LogP contribution in [-0.4, -0.2) is 106 Å². The van der Waals surface area contributed by atoms with Gasteiger partial charge in [0.1, 0.15) is 30.2 Å². The third-order valence-corrected chi connectivity index (χ3v) is 5.30. The molecule has 0 aromatic heterocycles. The molecule has 0 aliphatic carbocycles. The first-order chi connectivity index (χ1) is 16.2. The van der Waals surface area contributed by atoms with Gasteiger partial charge in [-0.25, -0.2) is 4.79 Å². The Kier molecular flexibility index (Phi) is 14.5. The second kappa shape index (κ2) is 15.9. The summed E-state index contributed by atoms with van der Waals surface area (Å²) in [5.41, 5.74) is 10.6. The third kappa shape index (κ3) is 11.8. The lowest BCUT2D eigenvalue weighted by Gasteiger charge is -2.24. The molecule has 35 heavy (non-hydrogen) atoms. The summed E-state index contributed by atoms with van der Waals surface area (Å²) in [7, 11) is 0. The average molecular weight is 523 g/mol. The molecular formula is C19H34N6O9S. The number of carboxylic acid groups (broad SMARTS) is 1. The second-order valence-electron chi connectivity index (χ2n) is 7.65. The molecule has 0 spiro atoms. The lowest BCUT2D eigenvalue weighted by Crippen LogP contribution is -2.59. The zero-order valence-corrected chi connectivity index (χ0v) is 20.5. The summed E-state index contributed by atoms with van der Waals surface area (Å²) in [5, 5.41) is 36.5. The highest BCUT2D eigenvalue weighted by atomic mass is 32.2. The van der Waals surface area contributed by atoms with Crippen molar-refractivity contribution in [2.45, 2.75) is 63.0 Å². The van der Waals surface area contributed by atoms with E-state index >= 15 is 0 Å². The summed E-state index contributed by atoms with van der Waals surface area (Å²) in [5.74, 6) is -5.52.